The second-order valence-corrected chi connectivity index (χ2v) is 2.45. The Morgan fingerprint density at radius 2 is 2.09 bits per heavy atom. The molecule has 4 nitrogen and oxygen atoms in total. The third-order valence-electron chi connectivity index (χ3n) is 1.68. The van der Waals surface area contributed by atoms with Gasteiger partial charge in [0.1, 0.15) is 0 Å². The summed E-state index contributed by atoms with van der Waals surface area (Å²) in [6.07, 6.45) is 3.59. The van der Waals surface area contributed by atoms with Crippen LogP contribution < -0.4 is 5.32 Å². The Hall–Kier alpha value is -1.58. The molecule has 1 aromatic rings. The summed E-state index contributed by atoms with van der Waals surface area (Å²) in [5.74, 6) is -0.894. The van der Waals surface area contributed by atoms with Crippen LogP contribution in [0.4, 0.5) is 5.69 Å². The normalized spacial score (nSPS) is 16.0. The van der Waals surface area contributed by atoms with E-state index in [4.69, 9.17) is 0 Å². The quantitative estimate of drug-likeness (QED) is 0.514. The molecule has 56 valence electrons. The van der Waals surface area contributed by atoms with E-state index in [-0.39, 0.29) is 12.2 Å². The number of aromatic nitrogens is 1. The minimum atomic E-state index is -0.517. The van der Waals surface area contributed by atoms with Gasteiger partial charge in [-0.1, -0.05) is 0 Å². The molecule has 0 fully saturated rings. The van der Waals surface area contributed by atoms with Crippen LogP contribution in [0.25, 0.3) is 0 Å². The molecule has 2 rings (SSSR count). The molecule has 0 aromatic carbocycles. The van der Waals surface area contributed by atoms with Crippen LogP contribution in [0.1, 0.15) is 5.56 Å². The van der Waals surface area contributed by atoms with Crippen molar-refractivity contribution in [3.05, 3.63) is 18.0 Å². The largest absolute Gasteiger partial charge is 0.366 e. The lowest BCUT2D eigenvalue weighted by atomic mass is 10.1. The topological polar surface area (TPSA) is 62.0 Å². The Bertz CT molecular complexity index is 296. The first kappa shape index (κ1) is 6.15. The van der Waals surface area contributed by atoms with Crippen LogP contribution in [-0.2, 0) is 16.0 Å². The number of hydrogen-bond acceptors (Lipinski definition) is 2. The Labute approximate surface area is 62.6 Å². The lowest BCUT2D eigenvalue weighted by Gasteiger charge is -2.09. The maximum absolute atomic E-state index is 10.8. The van der Waals surface area contributed by atoms with Crippen LogP contribution in [0.2, 0.25) is 0 Å². The molecule has 2 N–H and O–H groups in total. The predicted molar refractivity (Wildman–Crippen MR) is 38.1 cm³/mol. The Morgan fingerprint density at radius 1 is 1.27 bits per heavy atom. The first-order valence-corrected chi connectivity index (χ1v) is 3.27. The Kier molecular flexibility index (Phi) is 1.09. The highest BCUT2D eigenvalue weighted by molar-refractivity contribution is 6.42. The van der Waals surface area contributed by atoms with Crippen molar-refractivity contribution in [2.75, 3.05) is 5.32 Å². The molecule has 11 heavy (non-hydrogen) atoms. The molecule has 1 aliphatic rings. The van der Waals surface area contributed by atoms with Gasteiger partial charge in [0, 0.05) is 24.4 Å². The lowest BCUT2D eigenvalue weighted by Crippen LogP contribution is -2.28. The molecule has 0 spiro atoms. The van der Waals surface area contributed by atoms with Crippen molar-refractivity contribution in [3.63, 3.8) is 0 Å². The number of nitrogens with one attached hydrogen (secondary N) is 2. The number of fused-ring (bicyclic) bond motifs is 1. The third-order valence-corrected chi connectivity index (χ3v) is 1.68. The van der Waals surface area contributed by atoms with Gasteiger partial charge in [-0.05, 0) is 0 Å². The zero-order valence-corrected chi connectivity index (χ0v) is 5.68. The lowest BCUT2D eigenvalue weighted by molar-refractivity contribution is -0.134. The van der Waals surface area contributed by atoms with Gasteiger partial charge in [0.15, 0.2) is 0 Å². The number of anilines is 1. The third kappa shape index (κ3) is 0.832. The summed E-state index contributed by atoms with van der Waals surface area (Å²) in [5.41, 5.74) is 1.57. The molecule has 1 aromatic heterocycles. The smallest absolute Gasteiger partial charge is 0.292 e. The van der Waals surface area contributed by atoms with Gasteiger partial charge < -0.3 is 10.3 Å². The van der Waals surface area contributed by atoms with E-state index in [9.17, 15) is 9.59 Å². The van der Waals surface area contributed by atoms with E-state index in [0.717, 1.165) is 11.3 Å². The molecular weight excluding hydrogens is 144 g/mol. The van der Waals surface area contributed by atoms with Crippen molar-refractivity contribution in [1.29, 1.82) is 0 Å². The molecule has 0 bridgehead atoms. The highest BCUT2D eigenvalue weighted by Gasteiger charge is 2.22. The van der Waals surface area contributed by atoms with Gasteiger partial charge >= 0.3 is 0 Å². The van der Waals surface area contributed by atoms with Crippen molar-refractivity contribution >= 4 is 17.4 Å². The second-order valence-electron chi connectivity index (χ2n) is 2.45. The summed E-state index contributed by atoms with van der Waals surface area (Å²) >= 11 is 0. The van der Waals surface area contributed by atoms with Gasteiger partial charge in [0.05, 0.1) is 5.69 Å². The van der Waals surface area contributed by atoms with E-state index in [0.29, 0.717) is 0 Å². The standard InChI is InChI=1S/C7H6N2O2/c10-6-1-4-2-8-3-5(4)9-7(6)11/h2-3,8H,1H2,(H,9,11). The highest BCUT2D eigenvalue weighted by atomic mass is 16.2. The Balaban J connectivity index is 2.45. The predicted octanol–water partition coefficient (Wildman–Crippen LogP) is 0.0784. The molecule has 0 saturated heterocycles. The number of Topliss-reactive ketones (excluding diaryl/α,β-unsaturated/α-hetero) is 1. The average molecular weight is 150 g/mol. The number of amides is 1. The minimum absolute atomic E-state index is 0.213. The maximum Gasteiger partial charge on any atom is 0.292 e. The minimum Gasteiger partial charge on any atom is -0.366 e. The highest BCUT2D eigenvalue weighted by Crippen LogP contribution is 2.19. The van der Waals surface area contributed by atoms with E-state index in [1.54, 1.807) is 12.4 Å². The SMILES string of the molecule is O=C1Cc2c[nH]cc2NC1=O. The van der Waals surface area contributed by atoms with Gasteiger partial charge in [-0.2, -0.15) is 0 Å². The van der Waals surface area contributed by atoms with Crippen molar-refractivity contribution in [2.24, 2.45) is 0 Å². The van der Waals surface area contributed by atoms with Crippen LogP contribution in [0.3, 0.4) is 0 Å². The molecule has 1 amide bonds. The molecule has 0 atom stereocenters. The van der Waals surface area contributed by atoms with E-state index >= 15 is 0 Å². The van der Waals surface area contributed by atoms with Crippen molar-refractivity contribution < 1.29 is 9.59 Å². The van der Waals surface area contributed by atoms with E-state index < -0.39 is 5.91 Å². The first-order chi connectivity index (χ1) is 5.27. The van der Waals surface area contributed by atoms with Gasteiger partial charge in [0.25, 0.3) is 5.91 Å². The first-order valence-electron chi connectivity index (χ1n) is 3.27. The molecule has 2 heterocycles. The number of H-pyrrole nitrogens is 1. The number of carbonyl (C=O) groups excluding carboxylic acids is 2. The average Bonchev–Trinajstić information content (AvgIpc) is 2.36. The fraction of sp³-hybridized carbons (Fsp3) is 0.143. The molecule has 0 radical (unpaired) electrons. The van der Waals surface area contributed by atoms with Crippen molar-refractivity contribution in [2.45, 2.75) is 6.42 Å². The number of hydrogen-bond donors (Lipinski definition) is 2. The van der Waals surface area contributed by atoms with E-state index in [2.05, 4.69) is 10.3 Å². The summed E-state index contributed by atoms with van der Waals surface area (Å²) in [6, 6.07) is 0. The number of rotatable bonds is 0. The molecule has 4 heteroatoms. The zero-order chi connectivity index (χ0) is 7.84. The number of aromatic amines is 1. The van der Waals surface area contributed by atoms with E-state index in [1.807, 2.05) is 0 Å². The van der Waals surface area contributed by atoms with Gasteiger partial charge in [0.2, 0.25) is 5.78 Å². The molecule has 0 saturated carbocycles. The molecule has 0 aliphatic carbocycles. The summed E-state index contributed by atoms with van der Waals surface area (Å²) in [6.45, 7) is 0. The zero-order valence-electron chi connectivity index (χ0n) is 5.68. The fourth-order valence-corrected chi connectivity index (χ4v) is 1.10. The van der Waals surface area contributed by atoms with Crippen molar-refractivity contribution in [1.82, 2.24) is 4.98 Å². The van der Waals surface area contributed by atoms with Crippen molar-refractivity contribution in [3.8, 4) is 0 Å². The maximum atomic E-state index is 10.8. The van der Waals surface area contributed by atoms with Gasteiger partial charge in [-0.3, -0.25) is 9.59 Å². The summed E-state index contributed by atoms with van der Waals surface area (Å²) in [5, 5.41) is 2.47. The molecule has 1 aliphatic heterocycles. The molecular formula is C7H6N2O2. The second kappa shape index (κ2) is 1.95. The van der Waals surface area contributed by atoms with Crippen LogP contribution in [0.5, 0.6) is 0 Å². The summed E-state index contributed by atoms with van der Waals surface area (Å²) in [7, 11) is 0. The van der Waals surface area contributed by atoms with Gasteiger partial charge in [-0.15, -0.1) is 0 Å². The number of ketones is 1. The van der Waals surface area contributed by atoms with Gasteiger partial charge in [-0.25, -0.2) is 0 Å². The molecule has 0 unspecified atom stereocenters. The summed E-state index contributed by atoms with van der Waals surface area (Å²) in [4.78, 5) is 24.4. The van der Waals surface area contributed by atoms with Crippen LogP contribution in [0, 0.1) is 0 Å². The van der Waals surface area contributed by atoms with Crippen LogP contribution >= 0.6 is 0 Å². The van der Waals surface area contributed by atoms with Crippen LogP contribution in [-0.4, -0.2) is 16.7 Å². The number of carbonyl (C=O) groups is 2. The van der Waals surface area contributed by atoms with E-state index in [1.165, 1.54) is 0 Å². The fourth-order valence-electron chi connectivity index (χ4n) is 1.10. The van der Waals surface area contributed by atoms with Crippen LogP contribution in [0.15, 0.2) is 12.4 Å². The summed E-state index contributed by atoms with van der Waals surface area (Å²) < 4.78 is 0. The Morgan fingerprint density at radius 3 is 2.91 bits per heavy atom. The monoisotopic (exact) mass is 150 g/mol.